The number of aliphatic imine (C=N–C) groups is 2. The monoisotopic (exact) mass is 238 g/mol. The average molecular weight is 239 g/mol. The van der Waals surface area contributed by atoms with Gasteiger partial charge in [0, 0.05) is 13.1 Å². The Morgan fingerprint density at radius 2 is 1.29 bits per heavy atom. The Hall–Kier alpha value is -0.880. The van der Waals surface area contributed by atoms with Crippen molar-refractivity contribution in [2.75, 3.05) is 26.2 Å². The third kappa shape index (κ3) is 3.47. The van der Waals surface area contributed by atoms with Crippen molar-refractivity contribution in [1.29, 1.82) is 0 Å². The molecule has 0 aromatic heterocycles. The number of nitrogens with one attached hydrogen (secondary N) is 2. The summed E-state index contributed by atoms with van der Waals surface area (Å²) in [6.07, 6.45) is 0. The zero-order valence-electron chi connectivity index (χ0n) is 7.43. The maximum absolute atomic E-state index is 4.06. The van der Waals surface area contributed by atoms with Crippen LogP contribution in [0, 0.1) is 0 Å². The standard InChI is InChI=1S/C6H10N6.2ClH/c1-2-8-5(7-1)11-12-6-9-3-4-10-6;;/h1-4H2,(H,7,8)(H,9,10);2*1H. The van der Waals surface area contributed by atoms with E-state index < -0.39 is 0 Å². The van der Waals surface area contributed by atoms with Gasteiger partial charge in [0.1, 0.15) is 0 Å². The number of azo groups is 1. The lowest BCUT2D eigenvalue weighted by Crippen LogP contribution is -2.18. The molecule has 0 unspecified atom stereocenters. The summed E-state index contributed by atoms with van der Waals surface area (Å²) in [7, 11) is 0. The van der Waals surface area contributed by atoms with Gasteiger partial charge in [-0.15, -0.1) is 35.0 Å². The first-order chi connectivity index (χ1) is 5.95. The molecule has 0 radical (unpaired) electrons. The van der Waals surface area contributed by atoms with Crippen molar-refractivity contribution in [2.24, 2.45) is 20.2 Å². The molecular weight excluding hydrogens is 227 g/mol. The fourth-order valence-corrected chi connectivity index (χ4v) is 0.999. The molecule has 8 heteroatoms. The number of hydrogen-bond donors (Lipinski definition) is 2. The van der Waals surface area contributed by atoms with E-state index >= 15 is 0 Å². The Morgan fingerprint density at radius 3 is 1.57 bits per heavy atom. The van der Waals surface area contributed by atoms with Gasteiger partial charge in [-0.05, 0) is 0 Å². The maximum Gasteiger partial charge on any atom is 0.238 e. The zero-order valence-corrected chi connectivity index (χ0v) is 9.07. The van der Waals surface area contributed by atoms with Crippen LogP contribution in [0.1, 0.15) is 0 Å². The molecule has 0 saturated carbocycles. The molecular formula is C6H12Cl2N6. The molecule has 0 atom stereocenters. The lowest BCUT2D eigenvalue weighted by atomic mass is 10.7. The second kappa shape index (κ2) is 6.56. The van der Waals surface area contributed by atoms with Crippen molar-refractivity contribution in [3.05, 3.63) is 0 Å². The molecule has 2 N–H and O–H groups in total. The van der Waals surface area contributed by atoms with Crippen molar-refractivity contribution < 1.29 is 0 Å². The summed E-state index contributed by atoms with van der Waals surface area (Å²) >= 11 is 0. The van der Waals surface area contributed by atoms with Crippen LogP contribution in [-0.2, 0) is 0 Å². The van der Waals surface area contributed by atoms with Crippen molar-refractivity contribution in [3.63, 3.8) is 0 Å². The first-order valence-electron chi connectivity index (χ1n) is 3.93. The first kappa shape index (κ1) is 13.1. The van der Waals surface area contributed by atoms with Crippen LogP contribution in [0.25, 0.3) is 0 Å². The van der Waals surface area contributed by atoms with E-state index in [2.05, 4.69) is 30.8 Å². The van der Waals surface area contributed by atoms with E-state index in [9.17, 15) is 0 Å². The lowest BCUT2D eigenvalue weighted by Gasteiger charge is -1.92. The largest absolute Gasteiger partial charge is 0.351 e. The normalized spacial score (nSPS) is 18.9. The number of guanidine groups is 2. The van der Waals surface area contributed by atoms with Gasteiger partial charge in [0.25, 0.3) is 0 Å². The first-order valence-corrected chi connectivity index (χ1v) is 3.93. The Morgan fingerprint density at radius 1 is 0.857 bits per heavy atom. The molecule has 2 aliphatic rings. The van der Waals surface area contributed by atoms with E-state index in [1.165, 1.54) is 0 Å². The van der Waals surface area contributed by atoms with Crippen molar-refractivity contribution >= 4 is 36.7 Å². The van der Waals surface area contributed by atoms with Crippen LogP contribution in [0.4, 0.5) is 0 Å². The summed E-state index contributed by atoms with van der Waals surface area (Å²) in [5.74, 6) is 1.21. The average Bonchev–Trinajstić information content (AvgIpc) is 2.74. The van der Waals surface area contributed by atoms with Gasteiger partial charge in [-0.1, -0.05) is 0 Å². The summed E-state index contributed by atoms with van der Waals surface area (Å²) in [5.41, 5.74) is 0. The van der Waals surface area contributed by atoms with E-state index in [1.54, 1.807) is 0 Å². The van der Waals surface area contributed by atoms with Crippen LogP contribution in [0.15, 0.2) is 20.2 Å². The zero-order chi connectivity index (χ0) is 8.23. The third-order valence-corrected chi connectivity index (χ3v) is 1.55. The molecule has 2 aliphatic heterocycles. The van der Waals surface area contributed by atoms with Crippen molar-refractivity contribution in [3.8, 4) is 0 Å². The predicted molar refractivity (Wildman–Crippen MR) is 60.0 cm³/mol. The SMILES string of the molecule is C1CNC(N=NC2=NCCN2)=N1.Cl.Cl. The van der Waals surface area contributed by atoms with E-state index in [0.717, 1.165) is 26.2 Å². The van der Waals surface area contributed by atoms with Crippen LogP contribution in [0.2, 0.25) is 0 Å². The second-order valence-electron chi connectivity index (χ2n) is 2.46. The topological polar surface area (TPSA) is 73.5 Å². The molecule has 80 valence electrons. The maximum atomic E-state index is 4.06. The van der Waals surface area contributed by atoms with Crippen molar-refractivity contribution in [2.45, 2.75) is 0 Å². The molecule has 0 saturated heterocycles. The van der Waals surface area contributed by atoms with Gasteiger partial charge in [0.05, 0.1) is 13.1 Å². The number of hydrogen-bond acceptors (Lipinski definition) is 6. The molecule has 0 aliphatic carbocycles. The third-order valence-electron chi connectivity index (χ3n) is 1.55. The highest BCUT2D eigenvalue weighted by Gasteiger charge is 2.05. The summed E-state index contributed by atoms with van der Waals surface area (Å²) in [4.78, 5) is 8.12. The van der Waals surface area contributed by atoms with Crippen LogP contribution in [0.3, 0.4) is 0 Å². The second-order valence-corrected chi connectivity index (χ2v) is 2.46. The summed E-state index contributed by atoms with van der Waals surface area (Å²) in [5, 5.41) is 13.7. The van der Waals surface area contributed by atoms with Gasteiger partial charge in [0.2, 0.25) is 11.9 Å². The van der Waals surface area contributed by atoms with Crippen molar-refractivity contribution in [1.82, 2.24) is 10.6 Å². The number of halogens is 2. The highest BCUT2D eigenvalue weighted by Crippen LogP contribution is 1.91. The van der Waals surface area contributed by atoms with Crippen LogP contribution < -0.4 is 10.6 Å². The highest BCUT2D eigenvalue weighted by molar-refractivity contribution is 5.86. The summed E-state index contributed by atoms with van der Waals surface area (Å²) in [6.45, 7) is 3.28. The van der Waals surface area contributed by atoms with Gasteiger partial charge in [-0.2, -0.15) is 0 Å². The van der Waals surface area contributed by atoms with Gasteiger partial charge in [-0.25, -0.2) is 9.98 Å². The molecule has 0 amide bonds. The minimum absolute atomic E-state index is 0. The molecule has 0 spiro atoms. The molecule has 0 aromatic rings. The minimum atomic E-state index is 0. The Bertz CT molecular complexity index is 235. The molecule has 0 aromatic carbocycles. The highest BCUT2D eigenvalue weighted by atomic mass is 35.5. The summed E-state index contributed by atoms with van der Waals surface area (Å²) < 4.78 is 0. The van der Waals surface area contributed by atoms with Gasteiger partial charge in [0.15, 0.2) is 0 Å². The molecule has 0 bridgehead atoms. The van der Waals surface area contributed by atoms with Gasteiger partial charge < -0.3 is 10.6 Å². The smallest absolute Gasteiger partial charge is 0.238 e. The van der Waals surface area contributed by atoms with E-state index in [0.29, 0.717) is 11.9 Å². The van der Waals surface area contributed by atoms with E-state index in [4.69, 9.17) is 0 Å². The van der Waals surface area contributed by atoms with Crippen LogP contribution in [0.5, 0.6) is 0 Å². The Labute approximate surface area is 94.2 Å². The van der Waals surface area contributed by atoms with Crippen LogP contribution in [-0.4, -0.2) is 38.1 Å². The Balaban J connectivity index is 0.000000845. The predicted octanol–water partition coefficient (Wildman–Crippen LogP) is 0.201. The fourth-order valence-electron chi connectivity index (χ4n) is 0.999. The molecule has 6 nitrogen and oxygen atoms in total. The number of rotatable bonds is 0. The molecule has 0 fully saturated rings. The molecule has 2 rings (SSSR count). The van der Waals surface area contributed by atoms with Gasteiger partial charge in [-0.3, -0.25) is 0 Å². The molecule has 14 heavy (non-hydrogen) atoms. The lowest BCUT2D eigenvalue weighted by molar-refractivity contribution is 0.946. The van der Waals surface area contributed by atoms with E-state index in [-0.39, 0.29) is 24.8 Å². The quantitative estimate of drug-likeness (QED) is 0.592. The molecule has 2 heterocycles. The number of nitrogens with zero attached hydrogens (tertiary/aromatic N) is 4. The minimum Gasteiger partial charge on any atom is -0.351 e. The van der Waals surface area contributed by atoms with E-state index in [1.807, 2.05) is 0 Å². The Kier molecular flexibility index (Phi) is 6.14. The summed E-state index contributed by atoms with van der Waals surface area (Å²) in [6, 6.07) is 0. The van der Waals surface area contributed by atoms with Gasteiger partial charge >= 0.3 is 0 Å². The van der Waals surface area contributed by atoms with Crippen LogP contribution >= 0.6 is 24.8 Å². The fraction of sp³-hybridized carbons (Fsp3) is 0.667.